The number of hydrogen-bond acceptors (Lipinski definition) is 3. The Kier molecular flexibility index (Phi) is 3.59. The average Bonchev–Trinajstić information content (AvgIpc) is 2.32. The number of benzene rings is 1. The summed E-state index contributed by atoms with van der Waals surface area (Å²) in [6.07, 6.45) is 2.23. The minimum Gasteiger partial charge on any atom is -0.496 e. The predicted octanol–water partition coefficient (Wildman–Crippen LogP) is 1.87. The van der Waals surface area contributed by atoms with Crippen LogP contribution in [0.25, 0.3) is 0 Å². The summed E-state index contributed by atoms with van der Waals surface area (Å²) in [5, 5.41) is 9.81. The molecule has 1 heterocycles. The monoisotopic (exact) mass is 220 g/mol. The molecule has 0 aromatic heterocycles. The minimum atomic E-state index is -0.603. The van der Waals surface area contributed by atoms with Gasteiger partial charge in [0.25, 0.3) is 0 Å². The zero-order valence-electron chi connectivity index (χ0n) is 9.24. The first-order chi connectivity index (χ1) is 7.77. The lowest BCUT2D eigenvalue weighted by Gasteiger charge is -2.28. The fourth-order valence-corrected chi connectivity index (χ4v) is 1.63. The SMILES string of the molecule is C[C@@H]1OC=C[C@H](OCc2ccccc2)[C@@H]1O. The molecule has 1 aromatic rings. The van der Waals surface area contributed by atoms with Gasteiger partial charge in [-0.3, -0.25) is 0 Å². The van der Waals surface area contributed by atoms with Crippen molar-refractivity contribution >= 4 is 0 Å². The molecule has 0 radical (unpaired) electrons. The van der Waals surface area contributed by atoms with Crippen molar-refractivity contribution in [1.29, 1.82) is 0 Å². The fourth-order valence-electron chi connectivity index (χ4n) is 1.63. The van der Waals surface area contributed by atoms with Crippen LogP contribution in [0.15, 0.2) is 42.7 Å². The molecule has 0 saturated heterocycles. The zero-order chi connectivity index (χ0) is 11.4. The van der Waals surface area contributed by atoms with Crippen molar-refractivity contribution in [3.8, 4) is 0 Å². The van der Waals surface area contributed by atoms with E-state index in [0.717, 1.165) is 5.56 Å². The largest absolute Gasteiger partial charge is 0.496 e. The van der Waals surface area contributed by atoms with Crippen LogP contribution in [-0.2, 0) is 16.1 Å². The van der Waals surface area contributed by atoms with Crippen LogP contribution < -0.4 is 0 Å². The Labute approximate surface area is 95.3 Å². The van der Waals surface area contributed by atoms with Gasteiger partial charge in [0.1, 0.15) is 18.3 Å². The summed E-state index contributed by atoms with van der Waals surface area (Å²) >= 11 is 0. The van der Waals surface area contributed by atoms with Gasteiger partial charge in [0.05, 0.1) is 12.9 Å². The molecular formula is C13H16O3. The highest BCUT2D eigenvalue weighted by Crippen LogP contribution is 2.16. The van der Waals surface area contributed by atoms with Crippen LogP contribution in [0.3, 0.4) is 0 Å². The first-order valence-electron chi connectivity index (χ1n) is 5.43. The van der Waals surface area contributed by atoms with Crippen molar-refractivity contribution < 1.29 is 14.6 Å². The van der Waals surface area contributed by atoms with Crippen LogP contribution >= 0.6 is 0 Å². The lowest BCUT2D eigenvalue weighted by Crippen LogP contribution is -2.39. The molecule has 3 heteroatoms. The summed E-state index contributed by atoms with van der Waals surface area (Å²) in [7, 11) is 0. The highest BCUT2D eigenvalue weighted by atomic mass is 16.5. The molecule has 0 bridgehead atoms. The lowest BCUT2D eigenvalue weighted by atomic mass is 10.1. The molecule has 0 unspecified atom stereocenters. The molecule has 0 saturated carbocycles. The fraction of sp³-hybridized carbons (Fsp3) is 0.385. The van der Waals surface area contributed by atoms with E-state index in [4.69, 9.17) is 9.47 Å². The van der Waals surface area contributed by atoms with Gasteiger partial charge in [0.15, 0.2) is 0 Å². The Morgan fingerprint density at radius 2 is 2.06 bits per heavy atom. The van der Waals surface area contributed by atoms with E-state index >= 15 is 0 Å². The van der Waals surface area contributed by atoms with Gasteiger partial charge in [-0.05, 0) is 18.6 Å². The number of aliphatic hydroxyl groups is 1. The summed E-state index contributed by atoms with van der Waals surface area (Å²) in [5.74, 6) is 0. The van der Waals surface area contributed by atoms with Crippen molar-refractivity contribution in [3.63, 3.8) is 0 Å². The number of hydrogen-bond donors (Lipinski definition) is 1. The van der Waals surface area contributed by atoms with Crippen molar-refractivity contribution in [2.24, 2.45) is 0 Å². The van der Waals surface area contributed by atoms with E-state index in [0.29, 0.717) is 6.61 Å². The maximum Gasteiger partial charge on any atom is 0.124 e. The van der Waals surface area contributed by atoms with Crippen LogP contribution in [0.2, 0.25) is 0 Å². The molecule has 0 aliphatic carbocycles. The lowest BCUT2D eigenvalue weighted by molar-refractivity contribution is -0.0869. The van der Waals surface area contributed by atoms with E-state index in [2.05, 4.69) is 0 Å². The molecule has 86 valence electrons. The molecular weight excluding hydrogens is 204 g/mol. The maximum absolute atomic E-state index is 9.81. The molecule has 0 amide bonds. The molecule has 3 nitrogen and oxygen atoms in total. The molecule has 3 atom stereocenters. The van der Waals surface area contributed by atoms with Gasteiger partial charge in [-0.15, -0.1) is 0 Å². The van der Waals surface area contributed by atoms with E-state index in [-0.39, 0.29) is 12.2 Å². The van der Waals surface area contributed by atoms with Gasteiger partial charge < -0.3 is 14.6 Å². The van der Waals surface area contributed by atoms with Gasteiger partial charge in [-0.1, -0.05) is 30.3 Å². The normalized spacial score (nSPS) is 28.8. The molecule has 1 aliphatic rings. The first kappa shape index (κ1) is 11.2. The molecule has 0 spiro atoms. The second-order valence-electron chi connectivity index (χ2n) is 3.92. The Bertz CT molecular complexity index is 347. The third-order valence-electron chi connectivity index (χ3n) is 2.66. The second-order valence-corrected chi connectivity index (χ2v) is 3.92. The van der Waals surface area contributed by atoms with E-state index in [9.17, 15) is 5.11 Å². The van der Waals surface area contributed by atoms with Crippen molar-refractivity contribution in [2.45, 2.75) is 31.8 Å². The standard InChI is InChI=1S/C13H16O3/c1-10-13(14)12(7-8-15-10)16-9-11-5-3-2-4-6-11/h2-8,10,12-14H,9H2,1H3/t10-,12-,13+/m0/s1. The predicted molar refractivity (Wildman–Crippen MR) is 60.7 cm³/mol. The van der Waals surface area contributed by atoms with Crippen molar-refractivity contribution in [2.75, 3.05) is 0 Å². The summed E-state index contributed by atoms with van der Waals surface area (Å²) < 4.78 is 10.8. The van der Waals surface area contributed by atoms with Crippen LogP contribution in [0, 0.1) is 0 Å². The van der Waals surface area contributed by atoms with Gasteiger partial charge >= 0.3 is 0 Å². The van der Waals surface area contributed by atoms with Gasteiger partial charge in [0.2, 0.25) is 0 Å². The summed E-state index contributed by atoms with van der Waals surface area (Å²) in [6.45, 7) is 2.33. The number of rotatable bonds is 3. The van der Waals surface area contributed by atoms with Crippen LogP contribution in [-0.4, -0.2) is 23.4 Å². The van der Waals surface area contributed by atoms with E-state index < -0.39 is 6.10 Å². The highest BCUT2D eigenvalue weighted by molar-refractivity contribution is 5.13. The summed E-state index contributed by atoms with van der Waals surface area (Å²) in [6, 6.07) is 9.90. The Morgan fingerprint density at radius 3 is 2.81 bits per heavy atom. The quantitative estimate of drug-likeness (QED) is 0.845. The Morgan fingerprint density at radius 1 is 1.31 bits per heavy atom. The second kappa shape index (κ2) is 5.14. The molecule has 2 rings (SSSR count). The summed E-state index contributed by atoms with van der Waals surface area (Å²) in [4.78, 5) is 0. The van der Waals surface area contributed by atoms with E-state index in [1.807, 2.05) is 37.3 Å². The van der Waals surface area contributed by atoms with Crippen molar-refractivity contribution in [3.05, 3.63) is 48.2 Å². The smallest absolute Gasteiger partial charge is 0.124 e. The third-order valence-corrected chi connectivity index (χ3v) is 2.66. The van der Waals surface area contributed by atoms with Crippen LogP contribution in [0.5, 0.6) is 0 Å². The first-order valence-corrected chi connectivity index (χ1v) is 5.43. The number of aliphatic hydroxyl groups excluding tert-OH is 1. The summed E-state index contributed by atoms with van der Waals surface area (Å²) in [5.41, 5.74) is 1.10. The molecule has 1 aromatic carbocycles. The molecule has 1 aliphatic heterocycles. The van der Waals surface area contributed by atoms with Crippen LogP contribution in [0.1, 0.15) is 12.5 Å². The Hall–Kier alpha value is -1.32. The molecule has 16 heavy (non-hydrogen) atoms. The van der Waals surface area contributed by atoms with Crippen molar-refractivity contribution in [1.82, 2.24) is 0 Å². The van der Waals surface area contributed by atoms with Gasteiger partial charge in [-0.25, -0.2) is 0 Å². The van der Waals surface area contributed by atoms with Gasteiger partial charge in [0, 0.05) is 0 Å². The van der Waals surface area contributed by atoms with Gasteiger partial charge in [-0.2, -0.15) is 0 Å². The topological polar surface area (TPSA) is 38.7 Å². The molecule has 1 N–H and O–H groups in total. The Balaban J connectivity index is 1.91. The minimum absolute atomic E-state index is 0.217. The molecule has 0 fully saturated rings. The highest BCUT2D eigenvalue weighted by Gasteiger charge is 2.27. The van der Waals surface area contributed by atoms with Crippen LogP contribution in [0.4, 0.5) is 0 Å². The number of ether oxygens (including phenoxy) is 2. The maximum atomic E-state index is 9.81. The third kappa shape index (κ3) is 2.62. The van der Waals surface area contributed by atoms with E-state index in [1.165, 1.54) is 0 Å². The van der Waals surface area contributed by atoms with E-state index in [1.54, 1.807) is 12.3 Å². The average molecular weight is 220 g/mol. The zero-order valence-corrected chi connectivity index (χ0v) is 9.24.